The van der Waals surface area contributed by atoms with Gasteiger partial charge in [0.15, 0.2) is 0 Å². The zero-order valence-corrected chi connectivity index (χ0v) is 29.1. The minimum absolute atomic E-state index is 0.167. The van der Waals surface area contributed by atoms with Crippen LogP contribution in [0.5, 0.6) is 11.5 Å². The first kappa shape index (κ1) is 34.3. The lowest BCUT2D eigenvalue weighted by atomic mass is 10.1. The van der Waals surface area contributed by atoms with Gasteiger partial charge >= 0.3 is 11.1 Å². The minimum Gasteiger partial charge on any atom is -0.487 e. The summed E-state index contributed by atoms with van der Waals surface area (Å²) in [7, 11) is 2.50. The zero-order chi connectivity index (χ0) is 34.7. The van der Waals surface area contributed by atoms with Crippen molar-refractivity contribution >= 4 is 45.9 Å². The SMILES string of the molecule is CCOc1c(SSc2cnn(-c3ccccc3/C=C/c3ccccc3)c(=O)c2OCC)cnn(-c2ccccc2/C=C/c2ccccc2)c1=O. The molecule has 0 bridgehead atoms. The predicted octanol–water partition coefficient (Wildman–Crippen LogP) is 8.72. The standard InChI is InChI=1S/C40H34N4O4S2/c1-3-47-37-35(27-41-43(39(37)45)33-21-13-11-19-31(33)25-23-29-15-7-5-8-16-29)49-50-36-28-42-44(40(46)38(36)48-4-2)34-22-14-12-20-32(34)26-24-30-17-9-6-10-18-30/h5-28H,3-4H2,1-2H3/b25-23+,26-24+. The number of rotatable bonds is 13. The molecule has 2 aromatic heterocycles. The topological polar surface area (TPSA) is 88.2 Å². The summed E-state index contributed by atoms with van der Waals surface area (Å²) in [4.78, 5) is 28.7. The van der Waals surface area contributed by atoms with Gasteiger partial charge in [-0.25, -0.2) is 0 Å². The van der Waals surface area contributed by atoms with Crippen molar-refractivity contribution in [1.29, 1.82) is 0 Å². The van der Waals surface area contributed by atoms with Crippen LogP contribution in [0.1, 0.15) is 36.1 Å². The van der Waals surface area contributed by atoms with Gasteiger partial charge in [-0.05, 0) is 58.7 Å². The molecule has 6 rings (SSSR count). The number of hydrogen-bond donors (Lipinski definition) is 0. The molecule has 0 spiro atoms. The van der Waals surface area contributed by atoms with Gasteiger partial charge in [-0.3, -0.25) is 9.59 Å². The summed E-state index contributed by atoms with van der Waals surface area (Å²) in [5, 5.41) is 9.07. The van der Waals surface area contributed by atoms with Crippen molar-refractivity contribution in [2.45, 2.75) is 23.6 Å². The molecule has 8 nitrogen and oxygen atoms in total. The van der Waals surface area contributed by atoms with E-state index in [2.05, 4.69) is 10.2 Å². The molecule has 50 heavy (non-hydrogen) atoms. The molecule has 0 amide bonds. The quantitative estimate of drug-likeness (QED) is 0.0875. The van der Waals surface area contributed by atoms with Crippen LogP contribution < -0.4 is 20.6 Å². The van der Waals surface area contributed by atoms with E-state index >= 15 is 0 Å². The molecule has 250 valence electrons. The van der Waals surface area contributed by atoms with Gasteiger partial charge in [0.2, 0.25) is 11.5 Å². The van der Waals surface area contributed by atoms with Crippen LogP contribution in [0.3, 0.4) is 0 Å². The van der Waals surface area contributed by atoms with Crippen molar-refractivity contribution < 1.29 is 9.47 Å². The molecule has 0 unspecified atom stereocenters. The van der Waals surface area contributed by atoms with E-state index < -0.39 is 11.1 Å². The van der Waals surface area contributed by atoms with Crippen LogP contribution in [0.4, 0.5) is 0 Å². The van der Waals surface area contributed by atoms with Gasteiger partial charge in [-0.1, -0.05) is 121 Å². The van der Waals surface area contributed by atoms with Gasteiger partial charge in [0, 0.05) is 11.1 Å². The Morgan fingerprint density at radius 2 is 0.920 bits per heavy atom. The number of para-hydroxylation sites is 2. The highest BCUT2D eigenvalue weighted by Crippen LogP contribution is 2.43. The average molecular weight is 699 g/mol. The van der Waals surface area contributed by atoms with E-state index in [0.717, 1.165) is 22.3 Å². The van der Waals surface area contributed by atoms with Crippen molar-refractivity contribution in [3.8, 4) is 22.9 Å². The van der Waals surface area contributed by atoms with E-state index in [9.17, 15) is 9.59 Å². The summed E-state index contributed by atoms with van der Waals surface area (Å²) >= 11 is 0. The Bertz CT molecular complexity index is 2090. The van der Waals surface area contributed by atoms with Gasteiger partial charge in [0.25, 0.3) is 0 Å². The van der Waals surface area contributed by atoms with E-state index in [1.165, 1.54) is 31.0 Å². The lowest BCUT2D eigenvalue weighted by Gasteiger charge is -2.15. The largest absolute Gasteiger partial charge is 0.487 e. The monoisotopic (exact) mass is 698 g/mol. The van der Waals surface area contributed by atoms with Crippen LogP contribution in [-0.4, -0.2) is 32.8 Å². The molecular formula is C40H34N4O4S2. The van der Waals surface area contributed by atoms with E-state index in [1.807, 2.05) is 147 Å². The number of ether oxygens (including phenoxy) is 2. The third-order valence-corrected chi connectivity index (χ3v) is 9.79. The fourth-order valence-electron chi connectivity index (χ4n) is 5.09. The van der Waals surface area contributed by atoms with Crippen molar-refractivity contribution in [2.75, 3.05) is 13.2 Å². The maximum Gasteiger partial charge on any atom is 0.315 e. The summed E-state index contributed by atoms with van der Waals surface area (Å²) in [6, 6.07) is 35.0. The Kier molecular flexibility index (Phi) is 11.4. The molecule has 0 aliphatic heterocycles. The van der Waals surface area contributed by atoms with Gasteiger partial charge < -0.3 is 9.47 Å². The third kappa shape index (κ3) is 7.99. The normalized spacial score (nSPS) is 11.3. The van der Waals surface area contributed by atoms with Gasteiger partial charge in [-0.15, -0.1) is 0 Å². The maximum atomic E-state index is 13.9. The molecule has 0 aliphatic carbocycles. The predicted molar refractivity (Wildman–Crippen MR) is 204 cm³/mol. The molecule has 10 heteroatoms. The minimum atomic E-state index is -0.392. The molecule has 0 N–H and O–H groups in total. The molecule has 0 atom stereocenters. The fourth-order valence-corrected chi connectivity index (χ4v) is 7.15. The maximum absolute atomic E-state index is 13.9. The molecular weight excluding hydrogens is 665 g/mol. The summed E-state index contributed by atoms with van der Waals surface area (Å²) < 4.78 is 14.5. The van der Waals surface area contributed by atoms with E-state index in [-0.39, 0.29) is 24.7 Å². The van der Waals surface area contributed by atoms with Crippen LogP contribution in [0.2, 0.25) is 0 Å². The first-order chi connectivity index (χ1) is 24.6. The summed E-state index contributed by atoms with van der Waals surface area (Å²) in [5.74, 6) is 0.334. The molecule has 0 saturated carbocycles. The van der Waals surface area contributed by atoms with Crippen molar-refractivity contribution in [3.63, 3.8) is 0 Å². The highest BCUT2D eigenvalue weighted by Gasteiger charge is 2.20. The van der Waals surface area contributed by atoms with Crippen LogP contribution in [-0.2, 0) is 0 Å². The van der Waals surface area contributed by atoms with Crippen molar-refractivity contribution in [3.05, 3.63) is 165 Å². The Balaban J connectivity index is 1.30. The molecule has 0 aliphatic rings. The summed E-state index contributed by atoms with van der Waals surface area (Å²) in [6.07, 6.45) is 11.1. The first-order valence-electron chi connectivity index (χ1n) is 16.1. The molecule has 4 aromatic carbocycles. The van der Waals surface area contributed by atoms with E-state index in [1.54, 1.807) is 12.4 Å². The molecule has 0 radical (unpaired) electrons. The lowest BCUT2D eigenvalue weighted by Crippen LogP contribution is -2.24. The van der Waals surface area contributed by atoms with Crippen LogP contribution in [0.15, 0.2) is 141 Å². The second-order valence-electron chi connectivity index (χ2n) is 10.7. The fraction of sp³-hybridized carbons (Fsp3) is 0.100. The highest BCUT2D eigenvalue weighted by atomic mass is 33.1. The highest BCUT2D eigenvalue weighted by molar-refractivity contribution is 8.76. The average Bonchev–Trinajstić information content (AvgIpc) is 3.16. The second-order valence-corrected chi connectivity index (χ2v) is 13.0. The molecule has 2 heterocycles. The van der Waals surface area contributed by atoms with Crippen LogP contribution in [0.25, 0.3) is 35.7 Å². The molecule has 6 aromatic rings. The number of hydrogen-bond acceptors (Lipinski definition) is 8. The van der Waals surface area contributed by atoms with Gasteiger partial charge in [-0.2, -0.15) is 19.6 Å². The van der Waals surface area contributed by atoms with Crippen LogP contribution in [0, 0.1) is 0 Å². The Morgan fingerprint density at radius 1 is 0.540 bits per heavy atom. The number of benzene rings is 4. The molecule has 0 fully saturated rings. The van der Waals surface area contributed by atoms with Crippen molar-refractivity contribution in [2.24, 2.45) is 0 Å². The van der Waals surface area contributed by atoms with Gasteiger partial charge in [0.05, 0.1) is 46.8 Å². The zero-order valence-electron chi connectivity index (χ0n) is 27.5. The smallest absolute Gasteiger partial charge is 0.315 e. The Hall–Kier alpha value is -5.58. The van der Waals surface area contributed by atoms with Gasteiger partial charge in [0.1, 0.15) is 0 Å². The Morgan fingerprint density at radius 3 is 1.32 bits per heavy atom. The Labute approximate surface area is 298 Å². The van der Waals surface area contributed by atoms with E-state index in [0.29, 0.717) is 21.2 Å². The first-order valence-corrected chi connectivity index (χ1v) is 18.2. The third-order valence-electron chi connectivity index (χ3n) is 7.44. The lowest BCUT2D eigenvalue weighted by molar-refractivity contribution is 0.323. The molecule has 0 saturated heterocycles. The second kappa shape index (κ2) is 16.7. The van der Waals surface area contributed by atoms with Crippen LogP contribution >= 0.6 is 21.6 Å². The number of aromatic nitrogens is 4. The summed E-state index contributed by atoms with van der Waals surface area (Å²) in [6.45, 7) is 4.22. The number of nitrogens with zero attached hydrogens (tertiary/aromatic N) is 4. The summed E-state index contributed by atoms with van der Waals surface area (Å²) in [5.41, 5.74) is 4.20. The van der Waals surface area contributed by atoms with E-state index in [4.69, 9.17) is 9.47 Å². The van der Waals surface area contributed by atoms with Crippen molar-refractivity contribution in [1.82, 2.24) is 19.6 Å².